The van der Waals surface area contributed by atoms with E-state index in [9.17, 15) is 4.79 Å². The second-order valence-corrected chi connectivity index (χ2v) is 6.91. The normalized spacial score (nSPS) is 11.0. The molecule has 0 saturated heterocycles. The first kappa shape index (κ1) is 18.7. The van der Waals surface area contributed by atoms with Crippen LogP contribution in [0.3, 0.4) is 0 Å². The highest BCUT2D eigenvalue weighted by atomic mass is 16.5. The van der Waals surface area contributed by atoms with Gasteiger partial charge in [0.25, 0.3) is 5.91 Å². The molecule has 0 saturated carbocycles. The molecule has 0 aliphatic heterocycles. The molecular weight excluding hydrogens is 392 g/mol. The molecule has 1 N–H and O–H groups in total. The Morgan fingerprint density at radius 3 is 2.68 bits per heavy atom. The van der Waals surface area contributed by atoms with Crippen molar-refractivity contribution >= 4 is 22.9 Å². The van der Waals surface area contributed by atoms with Crippen molar-refractivity contribution in [1.29, 1.82) is 0 Å². The van der Waals surface area contributed by atoms with Gasteiger partial charge in [0.15, 0.2) is 11.5 Å². The van der Waals surface area contributed by atoms with E-state index in [-0.39, 0.29) is 5.69 Å². The van der Waals surface area contributed by atoms with Crippen LogP contribution in [0, 0.1) is 0 Å². The van der Waals surface area contributed by atoms with Crippen molar-refractivity contribution in [3.8, 4) is 11.3 Å². The lowest BCUT2D eigenvalue weighted by molar-refractivity contribution is 0.101. The number of nitrogens with zero attached hydrogens (tertiary/aromatic N) is 5. The Hall–Kier alpha value is -4.33. The molecule has 5 aromatic rings. The minimum atomic E-state index is -0.390. The number of rotatable bonds is 6. The zero-order chi connectivity index (χ0) is 21.0. The quantitative estimate of drug-likeness (QED) is 0.455. The highest BCUT2D eigenvalue weighted by Gasteiger charge is 2.18. The Morgan fingerprint density at radius 1 is 1.00 bits per heavy atom. The van der Waals surface area contributed by atoms with E-state index in [0.717, 1.165) is 22.3 Å². The van der Waals surface area contributed by atoms with Gasteiger partial charge in [-0.3, -0.25) is 20.1 Å². The average molecular weight is 410 g/mol. The maximum absolute atomic E-state index is 12.9. The number of anilines is 1. The van der Waals surface area contributed by atoms with E-state index >= 15 is 0 Å². The summed E-state index contributed by atoms with van der Waals surface area (Å²) in [5.74, 6) is 0.560. The molecular formula is C23H18N6O2. The van der Waals surface area contributed by atoms with Crippen LogP contribution in [0.25, 0.3) is 22.4 Å². The molecule has 0 fully saturated rings. The van der Waals surface area contributed by atoms with Gasteiger partial charge < -0.3 is 9.09 Å². The minimum Gasteiger partial charge on any atom is -0.355 e. The van der Waals surface area contributed by atoms with Gasteiger partial charge in [0.1, 0.15) is 0 Å². The van der Waals surface area contributed by atoms with E-state index in [1.54, 1.807) is 36.8 Å². The van der Waals surface area contributed by atoms with E-state index in [4.69, 9.17) is 4.52 Å². The fourth-order valence-corrected chi connectivity index (χ4v) is 3.37. The molecule has 5 rings (SSSR count). The fraction of sp³-hybridized carbons (Fsp3) is 0.0870. The van der Waals surface area contributed by atoms with Crippen molar-refractivity contribution in [2.24, 2.45) is 0 Å². The molecule has 152 valence electrons. The number of amides is 1. The summed E-state index contributed by atoms with van der Waals surface area (Å²) in [6, 6.07) is 18.8. The molecule has 4 heterocycles. The Kier molecular flexibility index (Phi) is 4.94. The summed E-state index contributed by atoms with van der Waals surface area (Å²) < 4.78 is 7.31. The second-order valence-electron chi connectivity index (χ2n) is 6.91. The minimum absolute atomic E-state index is 0.176. The molecule has 0 aliphatic carbocycles. The molecule has 31 heavy (non-hydrogen) atoms. The summed E-state index contributed by atoms with van der Waals surface area (Å²) in [6.07, 6.45) is 5.79. The molecule has 0 unspecified atom stereocenters. The Balaban J connectivity index is 1.41. The van der Waals surface area contributed by atoms with Crippen LogP contribution in [-0.4, -0.2) is 30.6 Å². The highest BCUT2D eigenvalue weighted by molar-refractivity contribution is 6.03. The number of aryl methyl sites for hydroxylation is 2. The van der Waals surface area contributed by atoms with Crippen molar-refractivity contribution in [3.05, 3.63) is 90.6 Å². The van der Waals surface area contributed by atoms with Crippen molar-refractivity contribution in [3.63, 3.8) is 0 Å². The van der Waals surface area contributed by atoms with Crippen molar-refractivity contribution in [2.75, 3.05) is 5.32 Å². The number of fused-ring (bicyclic) bond motifs is 1. The van der Waals surface area contributed by atoms with Gasteiger partial charge >= 0.3 is 0 Å². The molecule has 8 heteroatoms. The number of hydrogen-bond acceptors (Lipinski definition) is 6. The van der Waals surface area contributed by atoms with Gasteiger partial charge in [0, 0.05) is 48.9 Å². The highest BCUT2D eigenvalue weighted by Crippen LogP contribution is 2.22. The summed E-state index contributed by atoms with van der Waals surface area (Å²) in [5.41, 5.74) is 3.68. The third kappa shape index (κ3) is 3.91. The van der Waals surface area contributed by atoms with Crippen LogP contribution in [0.15, 0.2) is 83.8 Å². The van der Waals surface area contributed by atoms with Gasteiger partial charge in [-0.05, 0) is 36.4 Å². The molecule has 0 aliphatic rings. The van der Waals surface area contributed by atoms with E-state index in [0.29, 0.717) is 24.7 Å². The molecule has 8 nitrogen and oxygen atoms in total. The van der Waals surface area contributed by atoms with Gasteiger partial charge in [-0.2, -0.15) is 0 Å². The van der Waals surface area contributed by atoms with Gasteiger partial charge in [-0.25, -0.2) is 4.98 Å². The van der Waals surface area contributed by atoms with Crippen LogP contribution in [0.5, 0.6) is 0 Å². The van der Waals surface area contributed by atoms with E-state index < -0.39 is 5.91 Å². The smallest absolute Gasteiger partial charge is 0.280 e. The summed E-state index contributed by atoms with van der Waals surface area (Å²) in [5, 5.41) is 6.79. The summed E-state index contributed by atoms with van der Waals surface area (Å²) in [6.45, 7) is 0.619. The Bertz CT molecular complexity index is 1330. The molecule has 1 amide bonds. The number of carbonyl (C=O) groups is 1. The molecule has 1 aromatic carbocycles. The van der Waals surface area contributed by atoms with Crippen LogP contribution >= 0.6 is 0 Å². The lowest BCUT2D eigenvalue weighted by atomic mass is 10.2. The molecule has 0 spiro atoms. The largest absolute Gasteiger partial charge is 0.355 e. The number of imidazole rings is 1. The average Bonchev–Trinajstić information content (AvgIpc) is 3.44. The fourth-order valence-electron chi connectivity index (χ4n) is 3.37. The molecule has 4 aromatic heterocycles. The number of para-hydroxylation sites is 2. The first-order chi connectivity index (χ1) is 15.3. The van der Waals surface area contributed by atoms with Crippen LogP contribution in [0.1, 0.15) is 16.2 Å². The standard InChI is InChI=1S/C23H18N6O2/c30-22(19-15-21(31-28-19)16-8-12-24-13-9-16)27-23-26-18-6-1-2-7-20(18)29(23)14-10-17-5-3-4-11-25-17/h1-9,11-13,15H,10,14H2,(H,26,27,30). The van der Waals surface area contributed by atoms with E-state index in [1.807, 2.05) is 47.0 Å². The third-order valence-electron chi connectivity index (χ3n) is 4.91. The predicted octanol–water partition coefficient (Wildman–Crippen LogP) is 3.98. The maximum Gasteiger partial charge on any atom is 0.280 e. The SMILES string of the molecule is O=C(Nc1nc2ccccc2n1CCc1ccccn1)c1cc(-c2ccncc2)on1. The van der Waals surface area contributed by atoms with Gasteiger partial charge in [-0.1, -0.05) is 23.4 Å². The Labute approximate surface area is 177 Å². The van der Waals surface area contributed by atoms with Crippen LogP contribution in [0.4, 0.5) is 5.95 Å². The van der Waals surface area contributed by atoms with Crippen LogP contribution in [-0.2, 0) is 13.0 Å². The van der Waals surface area contributed by atoms with E-state index in [1.165, 1.54) is 0 Å². The van der Waals surface area contributed by atoms with Crippen molar-refractivity contribution in [2.45, 2.75) is 13.0 Å². The molecule has 0 atom stereocenters. The topological polar surface area (TPSA) is 98.7 Å². The number of carbonyl (C=O) groups excluding carboxylic acids is 1. The Morgan fingerprint density at radius 2 is 1.84 bits per heavy atom. The summed E-state index contributed by atoms with van der Waals surface area (Å²) >= 11 is 0. The third-order valence-corrected chi connectivity index (χ3v) is 4.91. The first-order valence-corrected chi connectivity index (χ1v) is 9.81. The van der Waals surface area contributed by atoms with Crippen LogP contribution in [0.2, 0.25) is 0 Å². The van der Waals surface area contributed by atoms with Gasteiger partial charge in [-0.15, -0.1) is 0 Å². The number of hydrogen-bond donors (Lipinski definition) is 1. The predicted molar refractivity (Wildman–Crippen MR) is 115 cm³/mol. The first-order valence-electron chi connectivity index (χ1n) is 9.81. The number of pyridine rings is 2. The summed E-state index contributed by atoms with van der Waals surface area (Å²) in [4.78, 5) is 25.8. The maximum atomic E-state index is 12.9. The summed E-state index contributed by atoms with van der Waals surface area (Å²) in [7, 11) is 0. The zero-order valence-corrected chi connectivity index (χ0v) is 16.5. The lowest BCUT2D eigenvalue weighted by Crippen LogP contribution is -2.17. The van der Waals surface area contributed by atoms with E-state index in [2.05, 4.69) is 25.4 Å². The molecule has 0 bridgehead atoms. The number of nitrogens with one attached hydrogen (secondary N) is 1. The number of benzene rings is 1. The second kappa shape index (κ2) is 8.19. The van der Waals surface area contributed by atoms with Crippen molar-refractivity contribution in [1.82, 2.24) is 24.7 Å². The number of aromatic nitrogens is 5. The van der Waals surface area contributed by atoms with Gasteiger partial charge in [0.05, 0.1) is 11.0 Å². The van der Waals surface area contributed by atoms with Gasteiger partial charge in [0.2, 0.25) is 5.95 Å². The zero-order valence-electron chi connectivity index (χ0n) is 16.5. The monoisotopic (exact) mass is 410 g/mol. The van der Waals surface area contributed by atoms with Crippen molar-refractivity contribution < 1.29 is 9.32 Å². The lowest BCUT2D eigenvalue weighted by Gasteiger charge is -2.09. The van der Waals surface area contributed by atoms with Crippen LogP contribution < -0.4 is 5.32 Å². The molecule has 0 radical (unpaired) electrons.